The number of carbonyl (C=O) groups is 2. The van der Waals surface area contributed by atoms with E-state index in [-0.39, 0.29) is 5.92 Å². The van der Waals surface area contributed by atoms with E-state index in [1.54, 1.807) is 48.5 Å². The van der Waals surface area contributed by atoms with Crippen LogP contribution in [0.4, 0.5) is 0 Å². The number of hydrogen-bond donors (Lipinski definition) is 0. The molecule has 0 radical (unpaired) electrons. The number of carbonyl (C=O) groups excluding carboxylic acids is 2. The largest absolute Gasteiger partial charge is 0.419 e. The first kappa shape index (κ1) is 21.8. The highest BCUT2D eigenvalue weighted by Gasteiger charge is 2.28. The lowest BCUT2D eigenvalue weighted by molar-refractivity contribution is 0.0679. The van der Waals surface area contributed by atoms with Gasteiger partial charge in [0.2, 0.25) is 0 Å². The molecule has 0 heterocycles. The molecule has 0 saturated heterocycles. The monoisotopic (exact) mass is 428 g/mol. The van der Waals surface area contributed by atoms with Gasteiger partial charge in [-0.25, -0.2) is 9.59 Å². The fourth-order valence-electron chi connectivity index (χ4n) is 4.53. The van der Waals surface area contributed by atoms with Gasteiger partial charge in [0.25, 0.3) is 0 Å². The molecule has 0 atom stereocenters. The maximum Gasteiger partial charge on any atom is 0.343 e. The number of rotatable bonds is 5. The predicted molar refractivity (Wildman–Crippen MR) is 125 cm³/mol. The van der Waals surface area contributed by atoms with Crippen molar-refractivity contribution in [2.45, 2.75) is 51.9 Å². The molecule has 4 rings (SSSR count). The van der Waals surface area contributed by atoms with Gasteiger partial charge in [0.1, 0.15) is 0 Å². The molecule has 0 aromatic heterocycles. The second kappa shape index (κ2) is 9.82. The molecule has 0 bridgehead atoms. The molecule has 1 saturated carbocycles. The summed E-state index contributed by atoms with van der Waals surface area (Å²) in [5.74, 6) is 0.0627. The van der Waals surface area contributed by atoms with Crippen molar-refractivity contribution in [1.29, 1.82) is 0 Å². The Hall–Kier alpha value is -3.40. The van der Waals surface area contributed by atoms with Crippen LogP contribution in [0.3, 0.4) is 0 Å². The molecule has 0 aliphatic heterocycles. The van der Waals surface area contributed by atoms with Crippen molar-refractivity contribution in [3.05, 3.63) is 94.5 Å². The van der Waals surface area contributed by atoms with Crippen LogP contribution in [0.25, 0.3) is 0 Å². The van der Waals surface area contributed by atoms with Crippen LogP contribution in [0.5, 0.6) is 11.5 Å². The molecule has 32 heavy (non-hydrogen) atoms. The lowest BCUT2D eigenvalue weighted by atomic mass is 9.81. The minimum absolute atomic E-state index is 0.275. The van der Waals surface area contributed by atoms with E-state index in [0.29, 0.717) is 22.6 Å². The van der Waals surface area contributed by atoms with E-state index in [4.69, 9.17) is 9.47 Å². The van der Waals surface area contributed by atoms with Gasteiger partial charge in [-0.2, -0.15) is 0 Å². The number of benzene rings is 3. The van der Waals surface area contributed by atoms with Crippen LogP contribution >= 0.6 is 0 Å². The third-order valence-corrected chi connectivity index (χ3v) is 6.09. The Labute approximate surface area is 189 Å². The highest BCUT2D eigenvalue weighted by Crippen LogP contribution is 2.46. The molecule has 3 aromatic rings. The van der Waals surface area contributed by atoms with Crippen LogP contribution in [0.2, 0.25) is 0 Å². The van der Waals surface area contributed by atoms with Gasteiger partial charge in [-0.1, -0.05) is 61.7 Å². The van der Waals surface area contributed by atoms with E-state index in [1.807, 2.05) is 32.0 Å². The zero-order valence-electron chi connectivity index (χ0n) is 18.6. The van der Waals surface area contributed by atoms with Gasteiger partial charge < -0.3 is 9.47 Å². The van der Waals surface area contributed by atoms with Gasteiger partial charge in [0, 0.05) is 5.56 Å². The fraction of sp³-hybridized carbons (Fsp3) is 0.286. The van der Waals surface area contributed by atoms with Crippen molar-refractivity contribution in [3.63, 3.8) is 0 Å². The molecule has 0 N–H and O–H groups in total. The second-order valence-electron chi connectivity index (χ2n) is 8.43. The molecule has 4 heteroatoms. The summed E-state index contributed by atoms with van der Waals surface area (Å²) < 4.78 is 11.9. The smallest absolute Gasteiger partial charge is 0.343 e. The summed E-state index contributed by atoms with van der Waals surface area (Å²) in [7, 11) is 0. The molecule has 164 valence electrons. The van der Waals surface area contributed by atoms with Crippen LogP contribution in [-0.4, -0.2) is 11.9 Å². The van der Waals surface area contributed by atoms with Crippen molar-refractivity contribution in [3.8, 4) is 11.5 Å². The third kappa shape index (κ3) is 4.75. The van der Waals surface area contributed by atoms with Crippen LogP contribution in [0, 0.1) is 13.8 Å². The number of ether oxygens (including phenoxy) is 2. The van der Waals surface area contributed by atoms with E-state index in [0.717, 1.165) is 42.4 Å². The van der Waals surface area contributed by atoms with Gasteiger partial charge in [-0.05, 0) is 68.0 Å². The van der Waals surface area contributed by atoms with Gasteiger partial charge >= 0.3 is 11.9 Å². The predicted octanol–water partition coefficient (Wildman–Crippen LogP) is 6.79. The van der Waals surface area contributed by atoms with E-state index >= 15 is 0 Å². The summed E-state index contributed by atoms with van der Waals surface area (Å²) in [6, 6.07) is 19.8. The SMILES string of the molecule is Cc1cc(C)c(C2CCCCC2)c(OC(=O)c2ccccc2)c1OC(=O)c1ccccc1. The first-order chi connectivity index (χ1) is 15.5. The molecule has 0 spiro atoms. The Morgan fingerprint density at radius 2 is 1.19 bits per heavy atom. The first-order valence-electron chi connectivity index (χ1n) is 11.2. The van der Waals surface area contributed by atoms with E-state index < -0.39 is 11.9 Å². The average Bonchev–Trinajstić information content (AvgIpc) is 2.83. The van der Waals surface area contributed by atoms with Crippen molar-refractivity contribution in [2.24, 2.45) is 0 Å². The number of aryl methyl sites for hydroxylation is 2. The quantitative estimate of drug-likeness (QED) is 0.332. The number of hydrogen-bond acceptors (Lipinski definition) is 4. The Balaban J connectivity index is 1.78. The normalized spacial score (nSPS) is 14.1. The van der Waals surface area contributed by atoms with Crippen molar-refractivity contribution < 1.29 is 19.1 Å². The van der Waals surface area contributed by atoms with E-state index in [1.165, 1.54) is 6.42 Å². The molecule has 1 fully saturated rings. The highest BCUT2D eigenvalue weighted by atomic mass is 16.6. The molecule has 3 aromatic carbocycles. The molecule has 0 unspecified atom stereocenters. The minimum Gasteiger partial charge on any atom is -0.419 e. The first-order valence-corrected chi connectivity index (χ1v) is 11.2. The summed E-state index contributed by atoms with van der Waals surface area (Å²) in [4.78, 5) is 25.9. The topological polar surface area (TPSA) is 52.6 Å². The Morgan fingerprint density at radius 3 is 1.72 bits per heavy atom. The van der Waals surface area contributed by atoms with Gasteiger partial charge in [0.15, 0.2) is 11.5 Å². The van der Waals surface area contributed by atoms with Gasteiger partial charge in [-0.3, -0.25) is 0 Å². The highest BCUT2D eigenvalue weighted by molar-refractivity contribution is 5.93. The lowest BCUT2D eigenvalue weighted by Gasteiger charge is -2.27. The Kier molecular flexibility index (Phi) is 6.69. The lowest BCUT2D eigenvalue weighted by Crippen LogP contribution is -2.17. The second-order valence-corrected chi connectivity index (χ2v) is 8.43. The summed E-state index contributed by atoms with van der Waals surface area (Å²) in [6.07, 6.45) is 5.57. The molecule has 1 aliphatic rings. The Bertz CT molecular complexity index is 1100. The Morgan fingerprint density at radius 1 is 0.688 bits per heavy atom. The summed E-state index contributed by atoms with van der Waals surface area (Å²) in [5.41, 5.74) is 3.72. The zero-order valence-corrected chi connectivity index (χ0v) is 18.6. The summed E-state index contributed by atoms with van der Waals surface area (Å²) in [6.45, 7) is 3.92. The van der Waals surface area contributed by atoms with Crippen LogP contribution in [-0.2, 0) is 0 Å². The zero-order chi connectivity index (χ0) is 22.5. The molecular weight excluding hydrogens is 400 g/mol. The van der Waals surface area contributed by atoms with Gasteiger partial charge in [-0.15, -0.1) is 0 Å². The standard InChI is InChI=1S/C28H28O4/c1-19-18-20(2)25(31-27(29)22-14-8-4-9-15-22)26(24(19)21-12-6-3-7-13-21)32-28(30)23-16-10-5-11-17-23/h4-5,8-11,14-18,21H,3,6-7,12-13H2,1-2H3. The van der Waals surface area contributed by atoms with Crippen molar-refractivity contribution in [1.82, 2.24) is 0 Å². The van der Waals surface area contributed by atoms with Crippen molar-refractivity contribution >= 4 is 11.9 Å². The minimum atomic E-state index is -0.468. The molecule has 4 nitrogen and oxygen atoms in total. The molecule has 0 amide bonds. The maximum absolute atomic E-state index is 13.0. The third-order valence-electron chi connectivity index (χ3n) is 6.09. The van der Waals surface area contributed by atoms with Crippen LogP contribution in [0.15, 0.2) is 66.7 Å². The van der Waals surface area contributed by atoms with Crippen LogP contribution in [0.1, 0.15) is 75.4 Å². The van der Waals surface area contributed by atoms with Gasteiger partial charge in [0.05, 0.1) is 11.1 Å². The number of esters is 2. The van der Waals surface area contributed by atoms with Crippen LogP contribution < -0.4 is 9.47 Å². The van der Waals surface area contributed by atoms with E-state index in [2.05, 4.69) is 0 Å². The maximum atomic E-state index is 13.0. The van der Waals surface area contributed by atoms with Crippen molar-refractivity contribution in [2.75, 3.05) is 0 Å². The fourth-order valence-corrected chi connectivity index (χ4v) is 4.53. The molecular formula is C28H28O4. The summed E-state index contributed by atoms with van der Waals surface area (Å²) in [5, 5.41) is 0. The van der Waals surface area contributed by atoms with E-state index in [9.17, 15) is 9.59 Å². The molecule has 1 aliphatic carbocycles. The summed E-state index contributed by atoms with van der Waals surface area (Å²) >= 11 is 0. The average molecular weight is 429 g/mol.